The molecule has 0 spiro atoms. The Hall–Kier alpha value is -2.02. The summed E-state index contributed by atoms with van der Waals surface area (Å²) in [5.74, 6) is 1.62. The Kier molecular flexibility index (Phi) is 6.04. The molecule has 0 bridgehead atoms. The largest absolute Gasteiger partial charge is 0.496 e. The Morgan fingerprint density at radius 2 is 2.04 bits per heavy atom. The van der Waals surface area contributed by atoms with Gasteiger partial charge in [0.25, 0.3) is 11.1 Å². The molecule has 1 N–H and O–H groups in total. The number of nitrogens with zero attached hydrogens (tertiary/aromatic N) is 2. The number of carbonyl (C=O) groups is 1. The van der Waals surface area contributed by atoms with Crippen LogP contribution in [-0.4, -0.2) is 35.0 Å². The first kappa shape index (κ1) is 17.3. The Morgan fingerprint density at radius 3 is 2.74 bits per heavy atom. The minimum Gasteiger partial charge on any atom is -0.496 e. The molecule has 0 aliphatic carbocycles. The molecule has 0 aliphatic heterocycles. The van der Waals surface area contributed by atoms with Crippen LogP contribution in [0.25, 0.3) is 11.5 Å². The van der Waals surface area contributed by atoms with Crippen LogP contribution >= 0.6 is 11.8 Å². The number of thioether (sulfide) groups is 1. The third kappa shape index (κ3) is 4.72. The summed E-state index contributed by atoms with van der Waals surface area (Å²) in [6.45, 7) is 6.12. The zero-order valence-electron chi connectivity index (χ0n) is 13.7. The highest BCUT2D eigenvalue weighted by molar-refractivity contribution is 7.99. The van der Waals surface area contributed by atoms with Gasteiger partial charge in [0, 0.05) is 6.04 Å². The van der Waals surface area contributed by atoms with Crippen molar-refractivity contribution in [2.45, 2.75) is 32.0 Å². The zero-order valence-corrected chi connectivity index (χ0v) is 14.5. The normalized spacial score (nSPS) is 12.2. The fraction of sp³-hybridized carbons (Fsp3) is 0.438. The van der Waals surface area contributed by atoms with Crippen molar-refractivity contribution in [3.05, 3.63) is 24.3 Å². The summed E-state index contributed by atoms with van der Waals surface area (Å²) in [5, 5.41) is 11.3. The molecule has 1 unspecified atom stereocenters. The summed E-state index contributed by atoms with van der Waals surface area (Å²) in [4.78, 5) is 11.9. The van der Waals surface area contributed by atoms with Gasteiger partial charge in [-0.3, -0.25) is 4.79 Å². The number of carbonyl (C=O) groups excluding carboxylic acids is 1. The molecule has 0 aliphatic rings. The minimum absolute atomic E-state index is 0.0479. The molecule has 1 atom stereocenters. The maximum absolute atomic E-state index is 11.9. The molecule has 1 aromatic heterocycles. The van der Waals surface area contributed by atoms with E-state index in [-0.39, 0.29) is 17.7 Å². The van der Waals surface area contributed by atoms with Crippen molar-refractivity contribution in [2.75, 3.05) is 12.9 Å². The molecule has 1 aromatic carbocycles. The highest BCUT2D eigenvalue weighted by atomic mass is 32.2. The minimum atomic E-state index is -0.0479. The SMILES string of the molecule is COc1ccccc1-c1nnc(SCC(=O)NC(C)C(C)C)o1. The van der Waals surface area contributed by atoms with Gasteiger partial charge in [0.1, 0.15) is 5.75 Å². The number of amides is 1. The van der Waals surface area contributed by atoms with E-state index in [1.165, 1.54) is 11.8 Å². The number of para-hydroxylation sites is 1. The van der Waals surface area contributed by atoms with Crippen molar-refractivity contribution in [2.24, 2.45) is 5.92 Å². The second-order valence-electron chi connectivity index (χ2n) is 5.46. The molecule has 6 nitrogen and oxygen atoms in total. The van der Waals surface area contributed by atoms with E-state index in [0.717, 1.165) is 5.56 Å². The highest BCUT2D eigenvalue weighted by Gasteiger charge is 2.15. The van der Waals surface area contributed by atoms with E-state index in [0.29, 0.717) is 22.8 Å². The van der Waals surface area contributed by atoms with Gasteiger partial charge < -0.3 is 14.5 Å². The molecule has 124 valence electrons. The number of hydrogen-bond acceptors (Lipinski definition) is 6. The number of aromatic nitrogens is 2. The highest BCUT2D eigenvalue weighted by Crippen LogP contribution is 2.30. The molecule has 23 heavy (non-hydrogen) atoms. The second kappa shape index (κ2) is 8.01. The topological polar surface area (TPSA) is 77.2 Å². The number of nitrogens with one attached hydrogen (secondary N) is 1. The van der Waals surface area contributed by atoms with Crippen LogP contribution in [0.15, 0.2) is 33.9 Å². The van der Waals surface area contributed by atoms with Crippen LogP contribution in [0.4, 0.5) is 0 Å². The lowest BCUT2D eigenvalue weighted by Gasteiger charge is -2.16. The predicted octanol–water partition coefficient (Wildman–Crippen LogP) is 3.00. The van der Waals surface area contributed by atoms with Crippen LogP contribution < -0.4 is 10.1 Å². The Bertz CT molecular complexity index is 658. The van der Waals surface area contributed by atoms with Crippen LogP contribution in [0.5, 0.6) is 5.75 Å². The van der Waals surface area contributed by atoms with Crippen LogP contribution in [0.3, 0.4) is 0 Å². The number of ether oxygens (including phenoxy) is 1. The van der Waals surface area contributed by atoms with E-state index in [1.54, 1.807) is 7.11 Å². The van der Waals surface area contributed by atoms with Crippen molar-refractivity contribution in [1.82, 2.24) is 15.5 Å². The van der Waals surface area contributed by atoms with Crippen molar-refractivity contribution < 1.29 is 13.9 Å². The Balaban J connectivity index is 1.96. The molecule has 0 saturated heterocycles. The van der Waals surface area contributed by atoms with E-state index < -0.39 is 0 Å². The number of hydrogen-bond donors (Lipinski definition) is 1. The smallest absolute Gasteiger partial charge is 0.277 e. The lowest BCUT2D eigenvalue weighted by Crippen LogP contribution is -2.37. The molecule has 2 rings (SSSR count). The summed E-state index contributed by atoms with van der Waals surface area (Å²) < 4.78 is 10.9. The molecule has 1 heterocycles. The fourth-order valence-corrected chi connectivity index (χ4v) is 2.36. The van der Waals surface area contributed by atoms with Gasteiger partial charge in [-0.05, 0) is 25.0 Å². The molecule has 0 fully saturated rings. The molecule has 2 aromatic rings. The van der Waals surface area contributed by atoms with Crippen molar-refractivity contribution in [3.8, 4) is 17.2 Å². The first-order valence-electron chi connectivity index (χ1n) is 7.40. The van der Waals surface area contributed by atoms with Crippen LogP contribution in [-0.2, 0) is 4.79 Å². The first-order valence-corrected chi connectivity index (χ1v) is 8.39. The quantitative estimate of drug-likeness (QED) is 0.784. The van der Waals surface area contributed by atoms with Crippen molar-refractivity contribution >= 4 is 17.7 Å². The van der Waals surface area contributed by atoms with Gasteiger partial charge in [0.15, 0.2) is 0 Å². The first-order chi connectivity index (χ1) is 11.0. The number of methoxy groups -OCH3 is 1. The lowest BCUT2D eigenvalue weighted by molar-refractivity contribution is -0.119. The molecule has 0 saturated carbocycles. The molecular weight excluding hydrogens is 314 g/mol. The fourth-order valence-electron chi connectivity index (χ4n) is 1.79. The molecule has 1 amide bonds. The van der Waals surface area contributed by atoms with Crippen molar-refractivity contribution in [3.63, 3.8) is 0 Å². The number of rotatable bonds is 7. The van der Waals surface area contributed by atoms with E-state index in [9.17, 15) is 4.79 Å². The molecular formula is C16H21N3O3S. The maximum atomic E-state index is 11.9. The van der Waals surface area contributed by atoms with E-state index in [4.69, 9.17) is 9.15 Å². The van der Waals surface area contributed by atoms with Gasteiger partial charge in [-0.15, -0.1) is 10.2 Å². The molecule has 0 radical (unpaired) electrons. The van der Waals surface area contributed by atoms with E-state index >= 15 is 0 Å². The van der Waals surface area contributed by atoms with Crippen LogP contribution in [0, 0.1) is 5.92 Å². The monoisotopic (exact) mass is 335 g/mol. The van der Waals surface area contributed by atoms with Crippen molar-refractivity contribution in [1.29, 1.82) is 0 Å². The van der Waals surface area contributed by atoms with Gasteiger partial charge in [0.2, 0.25) is 5.91 Å². The van der Waals surface area contributed by atoms with Gasteiger partial charge in [-0.25, -0.2) is 0 Å². The van der Waals surface area contributed by atoms with Gasteiger partial charge >= 0.3 is 0 Å². The average molecular weight is 335 g/mol. The molecule has 7 heteroatoms. The second-order valence-corrected chi connectivity index (χ2v) is 6.39. The van der Waals surface area contributed by atoms with E-state index in [1.807, 2.05) is 31.2 Å². The zero-order chi connectivity index (χ0) is 16.8. The summed E-state index contributed by atoms with van der Waals surface area (Å²) in [6.07, 6.45) is 0. The van der Waals surface area contributed by atoms with Crippen LogP contribution in [0.2, 0.25) is 0 Å². The van der Waals surface area contributed by atoms with Crippen LogP contribution in [0.1, 0.15) is 20.8 Å². The summed E-state index contributed by atoms with van der Waals surface area (Å²) >= 11 is 1.22. The standard InChI is InChI=1S/C16H21N3O3S/c1-10(2)11(3)17-14(20)9-23-16-19-18-15(22-16)12-7-5-6-8-13(12)21-4/h5-8,10-11H,9H2,1-4H3,(H,17,20). The summed E-state index contributed by atoms with van der Waals surface area (Å²) in [5.41, 5.74) is 0.729. The predicted molar refractivity (Wildman–Crippen MR) is 89.5 cm³/mol. The Labute approximate surface area is 140 Å². The third-order valence-corrected chi connectivity index (χ3v) is 4.28. The third-order valence-electron chi connectivity index (χ3n) is 3.46. The Morgan fingerprint density at radius 1 is 1.30 bits per heavy atom. The van der Waals surface area contributed by atoms with E-state index in [2.05, 4.69) is 29.4 Å². The van der Waals surface area contributed by atoms with Gasteiger partial charge in [0.05, 0.1) is 18.4 Å². The summed E-state index contributed by atoms with van der Waals surface area (Å²) in [7, 11) is 1.59. The average Bonchev–Trinajstić information content (AvgIpc) is 3.01. The number of benzene rings is 1. The van der Waals surface area contributed by atoms with Gasteiger partial charge in [-0.2, -0.15) is 0 Å². The maximum Gasteiger partial charge on any atom is 0.277 e. The summed E-state index contributed by atoms with van der Waals surface area (Å²) in [6, 6.07) is 7.55. The lowest BCUT2D eigenvalue weighted by atomic mass is 10.1. The van der Waals surface area contributed by atoms with Gasteiger partial charge in [-0.1, -0.05) is 37.7 Å².